The third kappa shape index (κ3) is 7.10. The van der Waals surface area contributed by atoms with Crippen LogP contribution in [0.1, 0.15) is 25.3 Å². The number of aliphatic imine (C=N–C) groups is 1. The molecule has 0 atom stereocenters. The molecule has 27 heavy (non-hydrogen) atoms. The quantitative estimate of drug-likeness (QED) is 0.249. The lowest BCUT2D eigenvalue weighted by molar-refractivity contribution is -0.122. The molecule has 1 saturated carbocycles. The molecular formula is C20H28N4O3. The van der Waals surface area contributed by atoms with Crippen LogP contribution < -0.4 is 25.4 Å². The minimum atomic E-state index is 0.150. The molecule has 0 aliphatic heterocycles. The van der Waals surface area contributed by atoms with Gasteiger partial charge in [-0.3, -0.25) is 4.79 Å². The molecule has 0 bridgehead atoms. The molecule has 1 fully saturated rings. The number of rotatable bonds is 10. The lowest BCUT2D eigenvalue weighted by Crippen LogP contribution is -2.41. The molecule has 1 aromatic carbocycles. The number of hydrogen-bond acceptors (Lipinski definition) is 4. The molecule has 0 saturated heterocycles. The van der Waals surface area contributed by atoms with Crippen LogP contribution in [0.4, 0.5) is 0 Å². The van der Waals surface area contributed by atoms with Gasteiger partial charge in [0.2, 0.25) is 5.91 Å². The van der Waals surface area contributed by atoms with Crippen LogP contribution in [0.2, 0.25) is 0 Å². The predicted molar refractivity (Wildman–Crippen MR) is 106 cm³/mol. The second-order valence-corrected chi connectivity index (χ2v) is 6.17. The summed E-state index contributed by atoms with van der Waals surface area (Å²) in [6.07, 6.45) is 7.28. The monoisotopic (exact) mass is 372 g/mol. The maximum Gasteiger partial charge on any atom is 0.223 e. The second kappa shape index (κ2) is 11.0. The first kappa shape index (κ1) is 20.4. The highest BCUT2D eigenvalue weighted by Crippen LogP contribution is 2.29. The van der Waals surface area contributed by atoms with Crippen molar-refractivity contribution in [2.75, 3.05) is 33.4 Å². The Hall–Kier alpha value is -2.88. The van der Waals surface area contributed by atoms with Crippen LogP contribution in [-0.2, 0) is 11.3 Å². The van der Waals surface area contributed by atoms with Crippen molar-refractivity contribution in [2.24, 2.45) is 10.9 Å². The Morgan fingerprint density at radius 1 is 1.26 bits per heavy atom. The molecule has 0 unspecified atom stereocenters. The Morgan fingerprint density at radius 3 is 2.70 bits per heavy atom. The van der Waals surface area contributed by atoms with Crippen LogP contribution >= 0.6 is 0 Å². The van der Waals surface area contributed by atoms with Crippen LogP contribution in [0, 0.1) is 18.3 Å². The van der Waals surface area contributed by atoms with Gasteiger partial charge in [-0.05, 0) is 37.5 Å². The molecule has 0 spiro atoms. The number of nitrogens with zero attached hydrogens (tertiary/aromatic N) is 1. The van der Waals surface area contributed by atoms with Gasteiger partial charge in [-0.15, -0.1) is 6.42 Å². The van der Waals surface area contributed by atoms with Gasteiger partial charge in [0.15, 0.2) is 17.5 Å². The van der Waals surface area contributed by atoms with Crippen molar-refractivity contribution in [2.45, 2.75) is 26.3 Å². The normalized spacial score (nSPS) is 13.4. The molecule has 0 radical (unpaired) electrons. The molecule has 1 aliphatic rings. The Balaban J connectivity index is 1.88. The molecule has 0 aromatic heterocycles. The Bertz CT molecular complexity index is 693. The van der Waals surface area contributed by atoms with E-state index < -0.39 is 0 Å². The van der Waals surface area contributed by atoms with Gasteiger partial charge in [-0.1, -0.05) is 12.0 Å². The van der Waals surface area contributed by atoms with Crippen molar-refractivity contribution in [1.82, 2.24) is 16.0 Å². The van der Waals surface area contributed by atoms with Crippen molar-refractivity contribution in [3.63, 3.8) is 0 Å². The predicted octanol–water partition coefficient (Wildman–Crippen LogP) is 1.29. The lowest BCUT2D eigenvalue weighted by Gasteiger charge is -2.13. The third-order valence-corrected chi connectivity index (χ3v) is 3.97. The summed E-state index contributed by atoms with van der Waals surface area (Å²) >= 11 is 0. The smallest absolute Gasteiger partial charge is 0.223 e. The fourth-order valence-corrected chi connectivity index (χ4v) is 2.42. The first-order chi connectivity index (χ1) is 13.2. The Labute approximate surface area is 160 Å². The molecular weight excluding hydrogens is 344 g/mol. The van der Waals surface area contributed by atoms with Crippen molar-refractivity contribution in [1.29, 1.82) is 0 Å². The van der Waals surface area contributed by atoms with E-state index in [4.69, 9.17) is 15.9 Å². The zero-order valence-corrected chi connectivity index (χ0v) is 16.0. The van der Waals surface area contributed by atoms with Gasteiger partial charge in [0.05, 0.1) is 13.7 Å². The standard InChI is InChI=1S/C20H28N4O3/c1-4-12-27-18-13-15(6-9-17(18)26-3)14-24-20(21-5-2)23-11-10-22-19(25)16-7-8-16/h1,6,9,13,16H,5,7-8,10-12,14H2,2-3H3,(H,22,25)(H2,21,23,24). The summed E-state index contributed by atoms with van der Waals surface area (Å²) in [5, 5.41) is 9.33. The van der Waals surface area contributed by atoms with E-state index in [2.05, 4.69) is 26.9 Å². The second-order valence-electron chi connectivity index (χ2n) is 6.17. The first-order valence-electron chi connectivity index (χ1n) is 9.21. The zero-order valence-electron chi connectivity index (χ0n) is 16.0. The fourth-order valence-electron chi connectivity index (χ4n) is 2.42. The minimum absolute atomic E-state index is 0.150. The Kier molecular flexibility index (Phi) is 8.30. The number of amides is 1. The zero-order chi connectivity index (χ0) is 19.5. The number of nitrogens with one attached hydrogen (secondary N) is 3. The van der Waals surface area contributed by atoms with Crippen molar-refractivity contribution >= 4 is 11.9 Å². The van der Waals surface area contributed by atoms with Gasteiger partial charge in [-0.25, -0.2) is 4.99 Å². The van der Waals surface area contributed by atoms with Gasteiger partial charge in [0.1, 0.15) is 6.61 Å². The number of carbonyl (C=O) groups excluding carboxylic acids is 1. The van der Waals surface area contributed by atoms with Crippen molar-refractivity contribution < 1.29 is 14.3 Å². The van der Waals surface area contributed by atoms with E-state index >= 15 is 0 Å². The lowest BCUT2D eigenvalue weighted by atomic mass is 10.2. The summed E-state index contributed by atoms with van der Waals surface area (Å²) in [6.45, 7) is 4.60. The van der Waals surface area contributed by atoms with E-state index in [9.17, 15) is 4.79 Å². The minimum Gasteiger partial charge on any atom is -0.493 e. The molecule has 7 heteroatoms. The number of benzene rings is 1. The van der Waals surface area contributed by atoms with Gasteiger partial charge in [-0.2, -0.15) is 0 Å². The highest BCUT2D eigenvalue weighted by Gasteiger charge is 2.28. The molecule has 2 rings (SSSR count). The van der Waals surface area contributed by atoms with Crippen molar-refractivity contribution in [3.05, 3.63) is 23.8 Å². The number of ether oxygens (including phenoxy) is 2. The highest BCUT2D eigenvalue weighted by atomic mass is 16.5. The van der Waals surface area contributed by atoms with Gasteiger partial charge >= 0.3 is 0 Å². The maximum atomic E-state index is 11.6. The van der Waals surface area contributed by atoms with Crippen LogP contribution in [-0.4, -0.2) is 45.2 Å². The SMILES string of the molecule is C#CCOc1cc(CN=C(NCC)NCCNC(=O)C2CC2)ccc1OC. The van der Waals surface area contributed by atoms with E-state index in [0.29, 0.717) is 37.1 Å². The molecule has 1 aliphatic carbocycles. The van der Waals surface area contributed by atoms with Crippen LogP contribution in [0.3, 0.4) is 0 Å². The van der Waals surface area contributed by atoms with Gasteiger partial charge in [0.25, 0.3) is 0 Å². The van der Waals surface area contributed by atoms with Crippen LogP contribution in [0.25, 0.3) is 0 Å². The number of guanidine groups is 1. The molecule has 3 N–H and O–H groups in total. The molecule has 146 valence electrons. The van der Waals surface area contributed by atoms with Gasteiger partial charge in [0, 0.05) is 25.6 Å². The summed E-state index contributed by atoms with van der Waals surface area (Å²) in [5.74, 6) is 4.75. The van der Waals surface area contributed by atoms with Gasteiger partial charge < -0.3 is 25.4 Å². The summed E-state index contributed by atoms with van der Waals surface area (Å²) in [6, 6.07) is 5.65. The summed E-state index contributed by atoms with van der Waals surface area (Å²) in [4.78, 5) is 16.2. The van der Waals surface area contributed by atoms with E-state index in [1.54, 1.807) is 7.11 Å². The summed E-state index contributed by atoms with van der Waals surface area (Å²) in [5.41, 5.74) is 0.974. The summed E-state index contributed by atoms with van der Waals surface area (Å²) < 4.78 is 10.8. The number of terminal acetylenes is 1. The average molecular weight is 372 g/mol. The molecule has 1 amide bonds. The molecule has 7 nitrogen and oxygen atoms in total. The number of hydrogen-bond donors (Lipinski definition) is 3. The van der Waals surface area contributed by atoms with E-state index in [1.807, 2.05) is 25.1 Å². The van der Waals surface area contributed by atoms with E-state index in [1.165, 1.54) is 0 Å². The highest BCUT2D eigenvalue weighted by molar-refractivity contribution is 5.81. The molecule has 0 heterocycles. The number of carbonyl (C=O) groups is 1. The Morgan fingerprint density at radius 2 is 2.04 bits per heavy atom. The summed E-state index contributed by atoms with van der Waals surface area (Å²) in [7, 11) is 1.59. The largest absolute Gasteiger partial charge is 0.493 e. The van der Waals surface area contributed by atoms with Crippen LogP contribution in [0.15, 0.2) is 23.2 Å². The topological polar surface area (TPSA) is 84.0 Å². The molecule has 1 aromatic rings. The maximum absolute atomic E-state index is 11.6. The number of methoxy groups -OCH3 is 1. The van der Waals surface area contributed by atoms with Crippen LogP contribution in [0.5, 0.6) is 11.5 Å². The average Bonchev–Trinajstić information content (AvgIpc) is 3.52. The fraction of sp³-hybridized carbons (Fsp3) is 0.500. The van der Waals surface area contributed by atoms with Crippen molar-refractivity contribution in [3.8, 4) is 23.8 Å². The van der Waals surface area contributed by atoms with E-state index in [-0.39, 0.29) is 18.4 Å². The first-order valence-corrected chi connectivity index (χ1v) is 9.21. The third-order valence-electron chi connectivity index (χ3n) is 3.97. The van der Waals surface area contributed by atoms with E-state index in [0.717, 1.165) is 24.9 Å².